The molecule has 21 heavy (non-hydrogen) atoms. The highest BCUT2D eigenvalue weighted by Gasteiger charge is 2.32. The topological polar surface area (TPSA) is 58.2 Å². The molecule has 1 fully saturated rings. The third-order valence-electron chi connectivity index (χ3n) is 2.96. The Hall–Kier alpha value is -0.640. The van der Waals surface area contributed by atoms with Crippen LogP contribution >= 0.6 is 11.3 Å². The maximum atomic E-state index is 12.2. The average molecular weight is 342 g/mol. The van der Waals surface area contributed by atoms with Crippen LogP contribution in [-0.4, -0.2) is 26.7 Å². The number of hydrogen-bond donors (Lipinski definition) is 2. The average Bonchev–Trinajstić information content (AvgIpc) is 2.99. The van der Waals surface area contributed by atoms with Crippen molar-refractivity contribution >= 4 is 21.4 Å². The van der Waals surface area contributed by atoms with Crippen molar-refractivity contribution in [1.82, 2.24) is 10.0 Å². The fraction of sp³-hybridized carbons (Fsp3) is 0.667. The first kappa shape index (κ1) is 16.7. The minimum atomic E-state index is -4.39. The summed E-state index contributed by atoms with van der Waals surface area (Å²) in [4.78, 5) is 0. The summed E-state index contributed by atoms with van der Waals surface area (Å²) in [7, 11) is -3.89. The van der Waals surface area contributed by atoms with Crippen molar-refractivity contribution in [1.29, 1.82) is 0 Å². The minimum Gasteiger partial charge on any atom is -0.310 e. The molecule has 2 rings (SSSR count). The van der Waals surface area contributed by atoms with Crippen molar-refractivity contribution < 1.29 is 21.6 Å². The van der Waals surface area contributed by atoms with Crippen LogP contribution in [0.3, 0.4) is 0 Å². The van der Waals surface area contributed by atoms with E-state index in [1.807, 2.05) is 0 Å². The van der Waals surface area contributed by atoms with Gasteiger partial charge in [0.05, 0.1) is 6.42 Å². The highest BCUT2D eigenvalue weighted by Crippen LogP contribution is 2.25. The number of nitrogens with one attached hydrogen (secondary N) is 2. The second kappa shape index (κ2) is 6.23. The van der Waals surface area contributed by atoms with E-state index in [2.05, 4.69) is 10.0 Å². The fourth-order valence-electron chi connectivity index (χ4n) is 1.85. The maximum absolute atomic E-state index is 12.2. The van der Waals surface area contributed by atoms with E-state index < -0.39 is 28.7 Å². The summed E-state index contributed by atoms with van der Waals surface area (Å²) < 4.78 is 62.8. The number of rotatable bonds is 7. The van der Waals surface area contributed by atoms with E-state index in [1.54, 1.807) is 5.38 Å². The molecule has 0 radical (unpaired) electrons. The van der Waals surface area contributed by atoms with Crippen LogP contribution in [0.15, 0.2) is 15.7 Å². The summed E-state index contributed by atoms with van der Waals surface area (Å²) in [6.07, 6.45) is -3.32. The largest absolute Gasteiger partial charge is 0.390 e. The van der Waals surface area contributed by atoms with Crippen molar-refractivity contribution in [3.63, 3.8) is 0 Å². The number of halogens is 3. The molecule has 0 saturated heterocycles. The Morgan fingerprint density at radius 3 is 2.67 bits per heavy atom. The van der Waals surface area contributed by atoms with Gasteiger partial charge in [0.25, 0.3) is 0 Å². The Morgan fingerprint density at radius 2 is 2.10 bits per heavy atom. The molecule has 9 heteroatoms. The number of thiophene rings is 1. The smallest absolute Gasteiger partial charge is 0.310 e. The van der Waals surface area contributed by atoms with Gasteiger partial charge in [-0.15, -0.1) is 11.3 Å². The van der Waals surface area contributed by atoms with Gasteiger partial charge in [0.15, 0.2) is 0 Å². The summed E-state index contributed by atoms with van der Waals surface area (Å²) in [6, 6.07) is 0.822. The van der Waals surface area contributed by atoms with Crippen LogP contribution in [0.2, 0.25) is 0 Å². The second-order valence-corrected chi connectivity index (χ2v) is 8.12. The normalized spacial score (nSPS) is 17.9. The first-order chi connectivity index (χ1) is 9.66. The zero-order chi connectivity index (χ0) is 15.7. The molecule has 1 aliphatic rings. The molecule has 0 aliphatic heterocycles. The van der Waals surface area contributed by atoms with Crippen molar-refractivity contribution in [2.45, 2.75) is 55.2 Å². The molecule has 0 bridgehead atoms. The lowest BCUT2D eigenvalue weighted by atomic mass is 10.2. The molecule has 1 aromatic rings. The van der Waals surface area contributed by atoms with Gasteiger partial charge in [-0.2, -0.15) is 13.2 Å². The van der Waals surface area contributed by atoms with E-state index >= 15 is 0 Å². The third kappa shape index (κ3) is 5.57. The summed E-state index contributed by atoms with van der Waals surface area (Å²) in [5.74, 6) is 0. The zero-order valence-corrected chi connectivity index (χ0v) is 13.0. The monoisotopic (exact) mass is 342 g/mol. The van der Waals surface area contributed by atoms with Crippen LogP contribution in [0, 0.1) is 0 Å². The first-order valence-electron chi connectivity index (χ1n) is 6.55. The molecule has 1 saturated carbocycles. The van der Waals surface area contributed by atoms with Crippen LogP contribution in [0.25, 0.3) is 0 Å². The van der Waals surface area contributed by atoms with E-state index in [0.29, 0.717) is 12.6 Å². The predicted octanol–water partition coefficient (Wildman–Crippen LogP) is 2.62. The lowest BCUT2D eigenvalue weighted by Gasteiger charge is -2.15. The molecule has 0 amide bonds. The van der Waals surface area contributed by atoms with Crippen molar-refractivity contribution in [3.05, 3.63) is 17.0 Å². The van der Waals surface area contributed by atoms with Gasteiger partial charge in [-0.25, -0.2) is 13.1 Å². The quantitative estimate of drug-likeness (QED) is 0.801. The molecule has 1 unspecified atom stereocenters. The van der Waals surface area contributed by atoms with Crippen LogP contribution in [0.4, 0.5) is 13.2 Å². The molecule has 1 aromatic heterocycles. The zero-order valence-electron chi connectivity index (χ0n) is 11.4. The molecule has 120 valence electrons. The fourth-order valence-corrected chi connectivity index (χ4v) is 4.32. The van der Waals surface area contributed by atoms with Gasteiger partial charge < -0.3 is 5.32 Å². The molecule has 1 heterocycles. The molecule has 4 nitrogen and oxygen atoms in total. The van der Waals surface area contributed by atoms with Gasteiger partial charge >= 0.3 is 6.18 Å². The van der Waals surface area contributed by atoms with E-state index in [4.69, 9.17) is 0 Å². The molecule has 0 spiro atoms. The first-order valence-corrected chi connectivity index (χ1v) is 8.92. The lowest BCUT2D eigenvalue weighted by Crippen LogP contribution is -2.35. The van der Waals surface area contributed by atoms with Crippen LogP contribution in [0.5, 0.6) is 0 Å². The van der Waals surface area contributed by atoms with Crippen LogP contribution in [0.1, 0.15) is 31.7 Å². The van der Waals surface area contributed by atoms with Crippen molar-refractivity contribution in [2.24, 2.45) is 0 Å². The van der Waals surface area contributed by atoms with Crippen molar-refractivity contribution in [2.75, 3.05) is 0 Å². The third-order valence-corrected chi connectivity index (χ3v) is 6.04. The summed E-state index contributed by atoms with van der Waals surface area (Å²) in [6.45, 7) is 1.78. The SMILES string of the molecule is CC(CC(F)(F)F)NS(=O)(=O)c1cc(CNC2CC2)cs1. The van der Waals surface area contributed by atoms with Crippen LogP contribution in [-0.2, 0) is 16.6 Å². The molecule has 1 atom stereocenters. The lowest BCUT2D eigenvalue weighted by molar-refractivity contribution is -0.137. The number of alkyl halides is 3. The molecule has 2 N–H and O–H groups in total. The molecule has 1 aliphatic carbocycles. The number of sulfonamides is 1. The van der Waals surface area contributed by atoms with Crippen LogP contribution < -0.4 is 10.0 Å². The van der Waals surface area contributed by atoms with Gasteiger partial charge in [0.2, 0.25) is 10.0 Å². The highest BCUT2D eigenvalue weighted by molar-refractivity contribution is 7.91. The van der Waals surface area contributed by atoms with Gasteiger partial charge in [-0.3, -0.25) is 0 Å². The van der Waals surface area contributed by atoms with Crippen molar-refractivity contribution in [3.8, 4) is 0 Å². The van der Waals surface area contributed by atoms with E-state index in [0.717, 1.165) is 29.7 Å². The van der Waals surface area contributed by atoms with Gasteiger partial charge in [-0.05, 0) is 36.8 Å². The molecule has 0 aromatic carbocycles. The molecular weight excluding hydrogens is 325 g/mol. The predicted molar refractivity (Wildman–Crippen MR) is 74.6 cm³/mol. The summed E-state index contributed by atoms with van der Waals surface area (Å²) >= 11 is 1.02. The van der Waals surface area contributed by atoms with E-state index in [9.17, 15) is 21.6 Å². The Labute approximate surface area is 125 Å². The Bertz CT molecular complexity index is 580. The standard InChI is InChI=1S/C12H17F3N2O2S2/c1-8(5-12(13,14)15)17-21(18,19)11-4-9(7-20-11)6-16-10-2-3-10/h4,7-8,10,16-17H,2-3,5-6H2,1H3. The minimum absolute atomic E-state index is 0.0455. The molecular formula is C12H17F3N2O2S2. The van der Waals surface area contributed by atoms with E-state index in [-0.39, 0.29) is 4.21 Å². The number of hydrogen-bond acceptors (Lipinski definition) is 4. The van der Waals surface area contributed by atoms with Gasteiger partial charge in [0.1, 0.15) is 4.21 Å². The highest BCUT2D eigenvalue weighted by atomic mass is 32.2. The van der Waals surface area contributed by atoms with Gasteiger partial charge in [-0.1, -0.05) is 0 Å². The van der Waals surface area contributed by atoms with E-state index in [1.165, 1.54) is 13.0 Å². The Kier molecular flexibility index (Phi) is 4.96. The summed E-state index contributed by atoms with van der Waals surface area (Å²) in [5, 5.41) is 4.96. The second-order valence-electron chi connectivity index (χ2n) is 5.27. The Morgan fingerprint density at radius 1 is 1.43 bits per heavy atom. The maximum Gasteiger partial charge on any atom is 0.390 e. The van der Waals surface area contributed by atoms with Gasteiger partial charge in [0, 0.05) is 18.6 Å². The Balaban J connectivity index is 1.94. The summed E-state index contributed by atoms with van der Waals surface area (Å²) in [5.41, 5.74) is 0.829.